The van der Waals surface area contributed by atoms with E-state index in [1.165, 1.54) is 16.8 Å². The highest BCUT2D eigenvalue weighted by atomic mass is 16.5. The molecule has 0 bridgehead atoms. The highest BCUT2D eigenvalue weighted by molar-refractivity contribution is 5.90. The average Bonchev–Trinajstić information content (AvgIpc) is 2.71. The van der Waals surface area contributed by atoms with Gasteiger partial charge in [-0.05, 0) is 80.8 Å². The third-order valence-corrected chi connectivity index (χ3v) is 5.43. The molecule has 158 valence electrons. The Balaban J connectivity index is 1.63. The Morgan fingerprint density at radius 1 is 1.17 bits per heavy atom. The molecule has 0 atom stereocenters. The van der Waals surface area contributed by atoms with E-state index in [1.54, 1.807) is 37.6 Å². The topological polar surface area (TPSA) is 63.2 Å². The number of hydrogen-bond acceptors (Lipinski definition) is 5. The maximum absolute atomic E-state index is 12.0. The summed E-state index contributed by atoms with van der Waals surface area (Å²) in [6, 6.07) is 11.3. The fraction of sp³-hybridized carbons (Fsp3) is 0.333. The van der Waals surface area contributed by atoms with Gasteiger partial charge in [0, 0.05) is 18.3 Å². The molecule has 0 spiro atoms. The molecule has 0 unspecified atom stereocenters. The lowest BCUT2D eigenvalue weighted by molar-refractivity contribution is -0.123. The molecule has 6 heteroatoms. The average molecular weight is 408 g/mol. The minimum atomic E-state index is -0.324. The zero-order valence-corrected chi connectivity index (χ0v) is 18.4. The van der Waals surface area contributed by atoms with Crippen molar-refractivity contribution in [3.63, 3.8) is 0 Å². The number of rotatable bonds is 6. The van der Waals surface area contributed by atoms with E-state index in [9.17, 15) is 4.79 Å². The Bertz CT molecular complexity index is 992. The first kappa shape index (κ1) is 21.4. The van der Waals surface area contributed by atoms with Crippen LogP contribution in [-0.4, -0.2) is 38.4 Å². The van der Waals surface area contributed by atoms with E-state index in [0.29, 0.717) is 5.75 Å². The lowest BCUT2D eigenvalue weighted by Crippen LogP contribution is -2.42. The molecule has 1 N–H and O–H groups in total. The van der Waals surface area contributed by atoms with Gasteiger partial charge >= 0.3 is 0 Å². The highest BCUT2D eigenvalue weighted by Gasteiger charge is 2.28. The van der Waals surface area contributed by atoms with Gasteiger partial charge in [0.1, 0.15) is 11.5 Å². The Hall–Kier alpha value is -3.28. The molecule has 6 nitrogen and oxygen atoms in total. The van der Waals surface area contributed by atoms with Gasteiger partial charge in [0.2, 0.25) is 0 Å². The van der Waals surface area contributed by atoms with Crippen LogP contribution in [0.1, 0.15) is 37.5 Å². The van der Waals surface area contributed by atoms with Crippen LogP contribution in [0.4, 0.5) is 5.69 Å². The molecule has 1 aliphatic rings. The molecule has 3 rings (SSSR count). The van der Waals surface area contributed by atoms with Crippen molar-refractivity contribution in [1.82, 2.24) is 5.43 Å². The van der Waals surface area contributed by atoms with Gasteiger partial charge in [-0.2, -0.15) is 5.10 Å². The number of nitrogens with zero attached hydrogens (tertiary/aromatic N) is 2. The second kappa shape index (κ2) is 8.61. The zero-order chi connectivity index (χ0) is 21.9. The molecule has 2 aromatic carbocycles. The summed E-state index contributed by atoms with van der Waals surface area (Å²) < 4.78 is 10.6. The first-order valence-corrected chi connectivity index (χ1v) is 9.88. The Labute approximate surface area is 178 Å². The van der Waals surface area contributed by atoms with Gasteiger partial charge in [0.15, 0.2) is 6.61 Å². The van der Waals surface area contributed by atoms with E-state index in [0.717, 1.165) is 16.9 Å². The van der Waals surface area contributed by atoms with Crippen molar-refractivity contribution in [2.45, 2.75) is 33.2 Å². The standard InChI is InChI=1S/C24H29N3O3/c1-16-11-22-21(17(2)13-24(3,4)27(22)5)12-18(16)14-25-26-23(28)15-30-20-9-7-19(29-6)8-10-20/h7-14H,15H2,1-6H3,(H,26,28)/b25-14-. The Kier molecular flexibility index (Phi) is 6.15. The normalized spacial score (nSPS) is 14.9. The van der Waals surface area contributed by atoms with Crippen LogP contribution >= 0.6 is 0 Å². The first-order valence-electron chi connectivity index (χ1n) is 9.88. The zero-order valence-electron chi connectivity index (χ0n) is 18.4. The number of carbonyl (C=O) groups is 1. The summed E-state index contributed by atoms with van der Waals surface area (Å²) >= 11 is 0. The van der Waals surface area contributed by atoms with E-state index in [1.807, 2.05) is 6.92 Å². The number of nitrogens with one attached hydrogen (secondary N) is 1. The lowest BCUT2D eigenvalue weighted by Gasteiger charge is -2.41. The van der Waals surface area contributed by atoms with Crippen molar-refractivity contribution in [2.75, 3.05) is 25.7 Å². The molecule has 1 heterocycles. The summed E-state index contributed by atoms with van der Waals surface area (Å²) in [6.45, 7) is 8.46. The number of ether oxygens (including phenoxy) is 2. The predicted octanol–water partition coefficient (Wildman–Crippen LogP) is 4.16. The molecular weight excluding hydrogens is 378 g/mol. The van der Waals surface area contributed by atoms with Crippen molar-refractivity contribution in [3.05, 3.63) is 59.2 Å². The molecule has 2 aromatic rings. The summed E-state index contributed by atoms with van der Waals surface area (Å²) in [5.41, 5.74) is 8.16. The van der Waals surface area contributed by atoms with Gasteiger partial charge in [-0.1, -0.05) is 6.08 Å². The first-order chi connectivity index (χ1) is 14.2. The van der Waals surface area contributed by atoms with Crippen molar-refractivity contribution in [3.8, 4) is 11.5 Å². The summed E-state index contributed by atoms with van der Waals surface area (Å²) in [5.74, 6) is 1.00. The summed E-state index contributed by atoms with van der Waals surface area (Å²) in [5, 5.41) is 4.11. The van der Waals surface area contributed by atoms with Crippen LogP contribution in [0.3, 0.4) is 0 Å². The molecule has 0 aromatic heterocycles. The van der Waals surface area contributed by atoms with E-state index in [4.69, 9.17) is 9.47 Å². The van der Waals surface area contributed by atoms with Gasteiger partial charge in [-0.25, -0.2) is 5.43 Å². The van der Waals surface area contributed by atoms with E-state index in [2.05, 4.69) is 61.5 Å². The van der Waals surface area contributed by atoms with Crippen LogP contribution in [0.2, 0.25) is 0 Å². The number of methoxy groups -OCH3 is 1. The minimum absolute atomic E-state index is 0.0308. The third kappa shape index (κ3) is 4.64. The smallest absolute Gasteiger partial charge is 0.277 e. The number of benzene rings is 2. The van der Waals surface area contributed by atoms with Crippen LogP contribution in [0.5, 0.6) is 11.5 Å². The van der Waals surface area contributed by atoms with E-state index >= 15 is 0 Å². The van der Waals surface area contributed by atoms with Crippen LogP contribution in [0, 0.1) is 6.92 Å². The molecule has 30 heavy (non-hydrogen) atoms. The molecular formula is C24H29N3O3. The summed E-state index contributed by atoms with van der Waals surface area (Å²) in [4.78, 5) is 14.3. The number of hydrogen-bond donors (Lipinski definition) is 1. The molecule has 0 radical (unpaired) electrons. The SMILES string of the molecule is COc1ccc(OCC(=O)N/N=C\c2cc3c(cc2C)N(C)C(C)(C)C=C3C)cc1. The van der Waals surface area contributed by atoms with Gasteiger partial charge in [-0.3, -0.25) is 4.79 Å². The lowest BCUT2D eigenvalue weighted by atomic mass is 9.87. The predicted molar refractivity (Wildman–Crippen MR) is 122 cm³/mol. The van der Waals surface area contributed by atoms with Gasteiger partial charge in [0.25, 0.3) is 5.91 Å². The van der Waals surface area contributed by atoms with Gasteiger partial charge in [0.05, 0.1) is 18.9 Å². The Morgan fingerprint density at radius 3 is 2.50 bits per heavy atom. The molecule has 0 fully saturated rings. The van der Waals surface area contributed by atoms with Crippen LogP contribution in [0.15, 0.2) is 47.6 Å². The van der Waals surface area contributed by atoms with E-state index < -0.39 is 0 Å². The molecule has 1 aliphatic heterocycles. The number of hydrazone groups is 1. The van der Waals surface area contributed by atoms with Crippen molar-refractivity contribution in [1.29, 1.82) is 0 Å². The maximum atomic E-state index is 12.0. The number of anilines is 1. The van der Waals surface area contributed by atoms with Crippen LogP contribution in [-0.2, 0) is 4.79 Å². The second-order valence-electron chi connectivity index (χ2n) is 8.02. The number of fused-ring (bicyclic) bond motifs is 1. The van der Waals surface area contributed by atoms with Crippen LogP contribution < -0.4 is 19.8 Å². The number of amides is 1. The molecule has 0 saturated carbocycles. The van der Waals surface area contributed by atoms with E-state index in [-0.39, 0.29) is 18.1 Å². The fourth-order valence-corrected chi connectivity index (χ4v) is 3.48. The second-order valence-corrected chi connectivity index (χ2v) is 8.02. The van der Waals surface area contributed by atoms with Crippen molar-refractivity contribution >= 4 is 23.4 Å². The number of aryl methyl sites for hydroxylation is 1. The van der Waals surface area contributed by atoms with Gasteiger partial charge in [-0.15, -0.1) is 0 Å². The number of carbonyl (C=O) groups excluding carboxylic acids is 1. The van der Waals surface area contributed by atoms with Crippen molar-refractivity contribution in [2.24, 2.45) is 5.10 Å². The maximum Gasteiger partial charge on any atom is 0.277 e. The van der Waals surface area contributed by atoms with Crippen molar-refractivity contribution < 1.29 is 14.3 Å². The number of allylic oxidation sites excluding steroid dienone is 1. The largest absolute Gasteiger partial charge is 0.497 e. The summed E-state index contributed by atoms with van der Waals surface area (Å²) in [7, 11) is 3.71. The molecule has 0 aliphatic carbocycles. The number of likely N-dealkylation sites (N-methyl/N-ethyl adjacent to an activating group) is 1. The summed E-state index contributed by atoms with van der Waals surface area (Å²) in [6.07, 6.45) is 3.94. The molecule has 0 saturated heterocycles. The fourth-order valence-electron chi connectivity index (χ4n) is 3.48. The third-order valence-electron chi connectivity index (χ3n) is 5.43. The molecule has 1 amide bonds. The van der Waals surface area contributed by atoms with Gasteiger partial charge < -0.3 is 14.4 Å². The quantitative estimate of drug-likeness (QED) is 0.577. The monoisotopic (exact) mass is 407 g/mol. The Morgan fingerprint density at radius 2 is 1.83 bits per heavy atom. The minimum Gasteiger partial charge on any atom is -0.497 e. The van der Waals surface area contributed by atoms with Crippen LogP contribution in [0.25, 0.3) is 5.57 Å². The highest BCUT2D eigenvalue weighted by Crippen LogP contribution is 2.38.